The summed E-state index contributed by atoms with van der Waals surface area (Å²) in [5, 5.41) is 8.00. The lowest BCUT2D eigenvalue weighted by Crippen LogP contribution is -2.39. The maximum absolute atomic E-state index is 14.2. The van der Waals surface area contributed by atoms with Gasteiger partial charge in [0.2, 0.25) is 0 Å². The Labute approximate surface area is 379 Å². The van der Waals surface area contributed by atoms with Crippen LogP contribution in [0.1, 0.15) is 38.4 Å². The predicted molar refractivity (Wildman–Crippen MR) is 242 cm³/mol. The molecule has 2 aliphatic heterocycles. The Hall–Kier alpha value is -5.10. The maximum Gasteiger partial charge on any atom is 0.501 e. The van der Waals surface area contributed by atoms with Gasteiger partial charge in [-0.25, -0.2) is 31.5 Å². The molecule has 3 N–H and O–H groups in total. The number of amides is 2. The first-order valence-corrected chi connectivity index (χ1v) is 25.5. The van der Waals surface area contributed by atoms with Crippen LogP contribution in [0.4, 0.5) is 29.1 Å². The third-order valence-electron chi connectivity index (χ3n) is 10.6. The third-order valence-corrected chi connectivity index (χ3v) is 16.4. The molecule has 4 aromatic carbocycles. The van der Waals surface area contributed by atoms with Crippen molar-refractivity contribution in [3.8, 4) is 0 Å². The van der Waals surface area contributed by atoms with Crippen LogP contribution in [-0.4, -0.2) is 100 Å². The number of nitrogens with zero attached hydrogens (tertiary/aromatic N) is 4. The highest BCUT2D eigenvalue weighted by Gasteiger charge is 2.48. The Morgan fingerprint density at radius 3 is 2.42 bits per heavy atom. The number of sulfone groups is 1. The summed E-state index contributed by atoms with van der Waals surface area (Å²) in [6.07, 6.45) is 0.962. The molecule has 2 amide bonds. The second-order valence-electron chi connectivity index (χ2n) is 14.8. The molecule has 6 aromatic rings. The summed E-state index contributed by atoms with van der Waals surface area (Å²) in [7, 11) is -11.0. The highest BCUT2D eigenvalue weighted by Crippen LogP contribution is 2.37. The van der Waals surface area contributed by atoms with Gasteiger partial charge < -0.3 is 15.0 Å². The molecule has 64 heavy (non-hydrogen) atoms. The van der Waals surface area contributed by atoms with E-state index in [9.17, 15) is 39.6 Å². The minimum atomic E-state index is -6.10. The number of ether oxygens (including phenoxy) is 1. The molecule has 1 atom stereocenters. The van der Waals surface area contributed by atoms with Crippen LogP contribution in [0.5, 0.6) is 0 Å². The van der Waals surface area contributed by atoms with E-state index in [1.807, 2.05) is 70.3 Å². The fraction of sp³-hybridized carbons (Fsp3) is 0.286. The smallest absolute Gasteiger partial charge is 0.380 e. The molecule has 0 aliphatic carbocycles. The van der Waals surface area contributed by atoms with Gasteiger partial charge in [0.15, 0.2) is 10.3 Å². The number of carbonyl (C=O) groups is 2. The minimum absolute atomic E-state index is 0.251. The number of para-hydroxylation sites is 1. The van der Waals surface area contributed by atoms with Gasteiger partial charge in [-0.3, -0.25) is 19.8 Å². The van der Waals surface area contributed by atoms with Crippen molar-refractivity contribution < 1.29 is 44.3 Å². The molecule has 14 nitrogen and oxygen atoms in total. The first kappa shape index (κ1) is 45.5. The number of carbonyl (C=O) groups excluding carboxylic acids is 2. The summed E-state index contributed by atoms with van der Waals surface area (Å²) in [6.45, 7) is 3.65. The van der Waals surface area contributed by atoms with Crippen LogP contribution in [0.15, 0.2) is 111 Å². The van der Waals surface area contributed by atoms with Crippen LogP contribution in [-0.2, 0) is 37.6 Å². The predicted octanol–water partition coefficient (Wildman–Crippen LogP) is 7.28. The summed E-state index contributed by atoms with van der Waals surface area (Å²) in [5.41, 5.74) is -3.61. The monoisotopic (exact) mass is 971 g/mol. The lowest BCUT2D eigenvalue weighted by Gasteiger charge is -2.29. The number of halogens is 3. The Morgan fingerprint density at radius 1 is 0.891 bits per heavy atom. The fourth-order valence-electron chi connectivity index (χ4n) is 7.22. The maximum atomic E-state index is 14.2. The first-order chi connectivity index (χ1) is 30.6. The number of sulfonamides is 1. The largest absolute Gasteiger partial charge is 0.501 e. The van der Waals surface area contributed by atoms with Gasteiger partial charge in [-0.15, -0.1) is 23.1 Å². The average Bonchev–Trinajstić information content (AvgIpc) is 3.95. The van der Waals surface area contributed by atoms with E-state index >= 15 is 0 Å². The van der Waals surface area contributed by atoms with Crippen LogP contribution in [0.3, 0.4) is 0 Å². The van der Waals surface area contributed by atoms with Crippen molar-refractivity contribution in [2.45, 2.75) is 45.6 Å². The lowest BCUT2D eigenvalue weighted by atomic mass is 9.94. The van der Waals surface area contributed by atoms with Crippen molar-refractivity contribution in [2.75, 3.05) is 60.7 Å². The van der Waals surface area contributed by atoms with E-state index < -0.39 is 52.8 Å². The van der Waals surface area contributed by atoms with Crippen molar-refractivity contribution in [2.24, 2.45) is 0 Å². The van der Waals surface area contributed by atoms with Crippen molar-refractivity contribution in [3.05, 3.63) is 119 Å². The Kier molecular flexibility index (Phi) is 13.6. The summed E-state index contributed by atoms with van der Waals surface area (Å²) in [6, 6.07) is 24.0. The van der Waals surface area contributed by atoms with Crippen LogP contribution < -0.4 is 20.3 Å². The van der Waals surface area contributed by atoms with E-state index in [0.29, 0.717) is 79.9 Å². The summed E-state index contributed by atoms with van der Waals surface area (Å²) in [4.78, 5) is 38.5. The van der Waals surface area contributed by atoms with Crippen molar-refractivity contribution in [1.29, 1.82) is 0 Å². The molecule has 2 aliphatic rings. The molecule has 0 spiro atoms. The topological polar surface area (TPSA) is 180 Å². The molecular weight excluding hydrogens is 932 g/mol. The van der Waals surface area contributed by atoms with Crippen LogP contribution in [0.2, 0.25) is 0 Å². The van der Waals surface area contributed by atoms with Gasteiger partial charge in [0.1, 0.15) is 10.6 Å². The zero-order valence-electron chi connectivity index (χ0n) is 33.7. The fourth-order valence-corrected chi connectivity index (χ4v) is 11.9. The number of thiazole rings is 2. The van der Waals surface area contributed by atoms with Gasteiger partial charge in [-0.05, 0) is 72.5 Å². The summed E-state index contributed by atoms with van der Waals surface area (Å²) < 4.78 is 104. The number of aromatic nitrogens is 2. The van der Waals surface area contributed by atoms with Gasteiger partial charge in [-0.1, -0.05) is 53.8 Å². The number of thioether (sulfide) groups is 1. The zero-order valence-corrected chi connectivity index (χ0v) is 37.8. The van der Waals surface area contributed by atoms with E-state index in [4.69, 9.17) is 4.74 Å². The molecule has 22 heteroatoms. The Morgan fingerprint density at radius 2 is 1.66 bits per heavy atom. The molecule has 1 fully saturated rings. The molecule has 8 rings (SSSR count). The van der Waals surface area contributed by atoms with Crippen LogP contribution >= 0.6 is 34.4 Å². The first-order valence-electron chi connectivity index (χ1n) is 19.9. The average molecular weight is 972 g/mol. The van der Waals surface area contributed by atoms with Gasteiger partial charge in [0.25, 0.3) is 31.7 Å². The van der Waals surface area contributed by atoms with Crippen molar-refractivity contribution >= 4 is 92.3 Å². The number of hydrogen-bond donors (Lipinski definition) is 3. The van der Waals surface area contributed by atoms with Crippen LogP contribution in [0.25, 0.3) is 10.2 Å². The number of morpholine rings is 1. The summed E-state index contributed by atoms with van der Waals surface area (Å²) in [5.74, 6) is -1.18. The van der Waals surface area contributed by atoms with E-state index in [0.717, 1.165) is 49.7 Å². The second kappa shape index (κ2) is 19.2. The summed E-state index contributed by atoms with van der Waals surface area (Å²) >= 11 is 3.84. The molecular formula is C42H40F3N7O7S5. The highest BCUT2D eigenvalue weighted by molar-refractivity contribution is 7.99. The van der Waals surface area contributed by atoms with Crippen LogP contribution in [0, 0.1) is 0 Å². The highest BCUT2D eigenvalue weighted by atomic mass is 32.2. The zero-order chi connectivity index (χ0) is 45.1. The number of rotatable bonds is 15. The second-order valence-corrected chi connectivity index (χ2v) is 21.4. The number of hydrogen-bond acceptors (Lipinski definition) is 15. The molecule has 4 heterocycles. The number of anilines is 3. The number of alkyl halides is 3. The molecule has 2 aromatic heterocycles. The van der Waals surface area contributed by atoms with Gasteiger partial charge >= 0.3 is 5.51 Å². The van der Waals surface area contributed by atoms with Crippen molar-refractivity contribution in [1.82, 2.24) is 19.6 Å². The van der Waals surface area contributed by atoms with E-state index in [2.05, 4.69) is 25.5 Å². The molecule has 0 bridgehead atoms. The molecule has 1 saturated heterocycles. The SMILES string of the molecule is O=C(NS(=O)(=O)c1ccc(N[C@H](CCN2CCOCC2)CSc2ccccc2)c(S(=O)(=O)C(F)(F)F)c1)c1csc(N2CCc3cccc(C(=O)Nc4nc5ccccc5s4)c3C2)n1. The van der Waals surface area contributed by atoms with Crippen molar-refractivity contribution in [3.63, 3.8) is 0 Å². The standard InChI is InChI=1S/C42H40F3N7O7S5/c43-42(44,45)63(55,56)37-23-30(13-14-34(37)46-28(16-17-51-19-21-59-22-20-51)25-60-29-8-2-1-3-9-29)64(57,58)50-39(54)35-26-61-41(48-35)52-18-15-27-7-6-10-31(32(27)24-52)38(53)49-40-47-33-11-4-5-12-36(33)62-40/h1-14,23,26,28,46H,15-22,24-25H2,(H,50,54)(H,47,49,53)/t28-/m1/s1. The van der Waals surface area contributed by atoms with Gasteiger partial charge in [0, 0.05) is 60.4 Å². The molecule has 0 radical (unpaired) electrons. The lowest BCUT2D eigenvalue weighted by molar-refractivity contribution is -0.0436. The normalized spacial score (nSPS) is 15.4. The van der Waals surface area contributed by atoms with E-state index in [1.54, 1.807) is 12.1 Å². The Bertz CT molecular complexity index is 2860. The molecule has 0 unspecified atom stereocenters. The number of benzene rings is 4. The van der Waals surface area contributed by atoms with E-state index in [1.165, 1.54) is 28.5 Å². The minimum Gasteiger partial charge on any atom is -0.380 e. The molecule has 0 saturated carbocycles. The quantitative estimate of drug-likeness (QED) is 0.0876. The number of fused-ring (bicyclic) bond motifs is 2. The van der Waals surface area contributed by atoms with Gasteiger partial charge in [-0.2, -0.15) is 13.2 Å². The third kappa shape index (κ3) is 10.4. The molecule has 336 valence electrons. The number of nitrogens with one attached hydrogen (secondary N) is 3. The Balaban J connectivity index is 0.984. The van der Waals surface area contributed by atoms with E-state index in [-0.39, 0.29) is 18.1 Å². The van der Waals surface area contributed by atoms with Gasteiger partial charge in [0.05, 0.1) is 34.0 Å².